The van der Waals surface area contributed by atoms with Crippen LogP contribution >= 0.6 is 15.9 Å². The summed E-state index contributed by atoms with van der Waals surface area (Å²) in [5.74, 6) is 1.58. The molecule has 1 aliphatic carbocycles. The third kappa shape index (κ3) is 3.54. The minimum absolute atomic E-state index is 0.0702. The van der Waals surface area contributed by atoms with Crippen molar-refractivity contribution >= 4 is 15.9 Å². The van der Waals surface area contributed by atoms with Gasteiger partial charge in [-0.15, -0.1) is 0 Å². The molecule has 21 heavy (non-hydrogen) atoms. The largest absolute Gasteiger partial charge is 0.493 e. The number of methoxy groups -OCH3 is 1. The van der Waals surface area contributed by atoms with Crippen molar-refractivity contribution in [1.29, 1.82) is 0 Å². The van der Waals surface area contributed by atoms with Crippen molar-refractivity contribution in [2.45, 2.75) is 57.5 Å². The van der Waals surface area contributed by atoms with Crippen molar-refractivity contribution < 1.29 is 9.47 Å². The summed E-state index contributed by atoms with van der Waals surface area (Å²) < 4.78 is 12.5. The van der Waals surface area contributed by atoms with E-state index in [2.05, 4.69) is 22.0 Å². The standard InChI is InChI=1S/C17H26BrNO2/c1-12(2)21-16-10-14(18)13(9-15(16)20-3)17(11-19)7-5-4-6-8-17/h9-10,12H,4-8,11,19H2,1-3H3. The van der Waals surface area contributed by atoms with Gasteiger partial charge < -0.3 is 15.2 Å². The molecule has 0 unspecified atom stereocenters. The Labute approximate surface area is 136 Å². The highest BCUT2D eigenvalue weighted by atomic mass is 79.9. The molecule has 1 aliphatic rings. The highest BCUT2D eigenvalue weighted by Crippen LogP contribution is 2.45. The summed E-state index contributed by atoms with van der Waals surface area (Å²) in [4.78, 5) is 0. The van der Waals surface area contributed by atoms with E-state index in [0.717, 1.165) is 28.8 Å². The molecule has 2 N–H and O–H groups in total. The number of ether oxygens (including phenoxy) is 2. The molecule has 3 nitrogen and oxygen atoms in total. The second-order valence-corrected chi connectivity index (χ2v) is 7.05. The predicted molar refractivity (Wildman–Crippen MR) is 90.3 cm³/mol. The van der Waals surface area contributed by atoms with Gasteiger partial charge in [-0.2, -0.15) is 0 Å². The van der Waals surface area contributed by atoms with Gasteiger partial charge in [0.05, 0.1) is 13.2 Å². The van der Waals surface area contributed by atoms with Crippen LogP contribution < -0.4 is 15.2 Å². The van der Waals surface area contributed by atoms with Crippen molar-refractivity contribution in [1.82, 2.24) is 0 Å². The lowest BCUT2D eigenvalue weighted by atomic mass is 9.69. The average molecular weight is 356 g/mol. The SMILES string of the molecule is COc1cc(C2(CN)CCCCC2)c(Br)cc1OC(C)C. The monoisotopic (exact) mass is 355 g/mol. The van der Waals surface area contributed by atoms with Gasteiger partial charge in [0.25, 0.3) is 0 Å². The first-order chi connectivity index (χ1) is 10.0. The van der Waals surface area contributed by atoms with Gasteiger partial charge in [-0.1, -0.05) is 35.2 Å². The summed E-state index contributed by atoms with van der Waals surface area (Å²) in [6.07, 6.45) is 6.22. The van der Waals surface area contributed by atoms with Gasteiger partial charge in [-0.25, -0.2) is 0 Å². The van der Waals surface area contributed by atoms with E-state index in [1.807, 2.05) is 19.9 Å². The quantitative estimate of drug-likeness (QED) is 0.850. The van der Waals surface area contributed by atoms with Gasteiger partial charge in [0, 0.05) is 16.4 Å². The van der Waals surface area contributed by atoms with Crippen LogP contribution in [0.3, 0.4) is 0 Å². The van der Waals surface area contributed by atoms with E-state index < -0.39 is 0 Å². The topological polar surface area (TPSA) is 44.5 Å². The van der Waals surface area contributed by atoms with Gasteiger partial charge in [-0.3, -0.25) is 0 Å². The van der Waals surface area contributed by atoms with Crippen molar-refractivity contribution in [3.05, 3.63) is 22.2 Å². The molecule has 1 saturated carbocycles. The third-order valence-corrected chi connectivity index (χ3v) is 5.04. The molecule has 0 aromatic heterocycles. The predicted octanol–water partition coefficient (Wildman–Crippen LogP) is 4.41. The number of nitrogens with two attached hydrogens (primary N) is 1. The zero-order valence-corrected chi connectivity index (χ0v) is 14.8. The fourth-order valence-electron chi connectivity index (χ4n) is 3.26. The van der Waals surface area contributed by atoms with Crippen LogP contribution in [0.25, 0.3) is 0 Å². The van der Waals surface area contributed by atoms with E-state index in [1.54, 1.807) is 7.11 Å². The Morgan fingerprint density at radius 2 is 1.86 bits per heavy atom. The molecule has 0 spiro atoms. The minimum atomic E-state index is 0.0702. The maximum absolute atomic E-state index is 6.16. The Morgan fingerprint density at radius 1 is 1.19 bits per heavy atom. The van der Waals surface area contributed by atoms with Crippen LogP contribution in [-0.2, 0) is 5.41 Å². The van der Waals surface area contributed by atoms with E-state index in [-0.39, 0.29) is 11.5 Å². The fraction of sp³-hybridized carbons (Fsp3) is 0.647. The van der Waals surface area contributed by atoms with E-state index in [9.17, 15) is 0 Å². The fourth-order valence-corrected chi connectivity index (χ4v) is 4.00. The first-order valence-electron chi connectivity index (χ1n) is 7.77. The van der Waals surface area contributed by atoms with Crippen LogP contribution in [0.5, 0.6) is 11.5 Å². The van der Waals surface area contributed by atoms with Crippen molar-refractivity contribution in [2.24, 2.45) is 5.73 Å². The lowest BCUT2D eigenvalue weighted by Gasteiger charge is -2.38. The molecule has 1 fully saturated rings. The molecule has 118 valence electrons. The van der Waals surface area contributed by atoms with E-state index in [0.29, 0.717) is 6.54 Å². The van der Waals surface area contributed by atoms with Crippen LogP contribution in [0.4, 0.5) is 0 Å². The summed E-state index contributed by atoms with van der Waals surface area (Å²) in [7, 11) is 1.69. The molecule has 2 rings (SSSR count). The molecule has 0 saturated heterocycles. The van der Waals surface area contributed by atoms with Crippen LogP contribution in [0.1, 0.15) is 51.5 Å². The van der Waals surface area contributed by atoms with Crippen molar-refractivity contribution in [3.8, 4) is 11.5 Å². The van der Waals surface area contributed by atoms with Gasteiger partial charge >= 0.3 is 0 Å². The number of halogens is 1. The first kappa shape index (κ1) is 16.6. The Bertz CT molecular complexity index is 482. The van der Waals surface area contributed by atoms with Gasteiger partial charge in [0.15, 0.2) is 11.5 Å². The molecule has 0 amide bonds. The molecule has 0 radical (unpaired) electrons. The van der Waals surface area contributed by atoms with Crippen LogP contribution in [0.15, 0.2) is 16.6 Å². The summed E-state index contributed by atoms with van der Waals surface area (Å²) >= 11 is 3.72. The summed E-state index contributed by atoms with van der Waals surface area (Å²) in [5, 5.41) is 0. The Hall–Kier alpha value is -0.740. The number of benzene rings is 1. The average Bonchev–Trinajstić information content (AvgIpc) is 2.47. The smallest absolute Gasteiger partial charge is 0.162 e. The number of hydrogen-bond acceptors (Lipinski definition) is 3. The maximum Gasteiger partial charge on any atom is 0.162 e. The molecule has 0 bridgehead atoms. The van der Waals surface area contributed by atoms with Crippen molar-refractivity contribution in [3.63, 3.8) is 0 Å². The summed E-state index contributed by atoms with van der Waals surface area (Å²) in [5.41, 5.74) is 7.49. The second kappa shape index (κ2) is 7.01. The zero-order valence-electron chi connectivity index (χ0n) is 13.2. The number of hydrogen-bond donors (Lipinski definition) is 1. The maximum atomic E-state index is 6.16. The van der Waals surface area contributed by atoms with Gasteiger partial charge in [-0.05, 0) is 44.4 Å². The van der Waals surface area contributed by atoms with Crippen LogP contribution in [0, 0.1) is 0 Å². The van der Waals surface area contributed by atoms with Gasteiger partial charge in [0.1, 0.15) is 0 Å². The molecule has 0 heterocycles. The molecule has 1 aromatic carbocycles. The molecule has 4 heteroatoms. The summed E-state index contributed by atoms with van der Waals surface area (Å²) in [6.45, 7) is 4.71. The molecule has 0 atom stereocenters. The van der Waals surface area contributed by atoms with E-state index in [4.69, 9.17) is 15.2 Å². The zero-order chi connectivity index (χ0) is 15.5. The highest BCUT2D eigenvalue weighted by molar-refractivity contribution is 9.10. The number of rotatable bonds is 5. The Morgan fingerprint density at radius 3 is 2.38 bits per heavy atom. The second-order valence-electron chi connectivity index (χ2n) is 6.19. The highest BCUT2D eigenvalue weighted by Gasteiger charge is 2.35. The van der Waals surface area contributed by atoms with E-state index in [1.165, 1.54) is 24.8 Å². The molecule has 0 aliphatic heterocycles. The summed E-state index contributed by atoms with van der Waals surface area (Å²) in [6, 6.07) is 4.14. The lowest BCUT2D eigenvalue weighted by Crippen LogP contribution is -2.37. The third-order valence-electron chi connectivity index (χ3n) is 4.39. The molecule has 1 aromatic rings. The Kier molecular flexibility index (Phi) is 5.55. The van der Waals surface area contributed by atoms with Crippen molar-refractivity contribution in [2.75, 3.05) is 13.7 Å². The van der Waals surface area contributed by atoms with E-state index >= 15 is 0 Å². The molecular formula is C17H26BrNO2. The lowest BCUT2D eigenvalue weighted by molar-refractivity contribution is 0.229. The first-order valence-corrected chi connectivity index (χ1v) is 8.56. The Balaban J connectivity index is 2.43. The van der Waals surface area contributed by atoms with Crippen LogP contribution in [0.2, 0.25) is 0 Å². The van der Waals surface area contributed by atoms with Crippen LogP contribution in [-0.4, -0.2) is 19.8 Å². The normalized spacial score (nSPS) is 17.8. The molecular weight excluding hydrogens is 330 g/mol. The minimum Gasteiger partial charge on any atom is -0.493 e. The van der Waals surface area contributed by atoms with Gasteiger partial charge in [0.2, 0.25) is 0 Å².